The minimum absolute atomic E-state index is 0.0568. The number of hydrogen-bond acceptors (Lipinski definition) is 3. The van der Waals surface area contributed by atoms with Crippen molar-refractivity contribution in [2.24, 2.45) is 0 Å². The van der Waals surface area contributed by atoms with Crippen LogP contribution in [0.3, 0.4) is 0 Å². The van der Waals surface area contributed by atoms with Crippen LogP contribution in [0, 0.1) is 0 Å². The van der Waals surface area contributed by atoms with Gasteiger partial charge in [-0.15, -0.1) is 0 Å². The van der Waals surface area contributed by atoms with Crippen LogP contribution in [0.4, 0.5) is 0 Å². The molecule has 0 aromatic rings. The van der Waals surface area contributed by atoms with E-state index in [0.717, 1.165) is 25.0 Å². The first kappa shape index (κ1) is 16.8. The van der Waals surface area contributed by atoms with E-state index in [2.05, 4.69) is 18.5 Å². The van der Waals surface area contributed by atoms with Gasteiger partial charge in [0.15, 0.2) is 0 Å². The molecule has 112 valence electrons. The first-order valence-electron chi connectivity index (χ1n) is 7.52. The van der Waals surface area contributed by atoms with Crippen molar-refractivity contribution in [2.45, 2.75) is 63.5 Å². The molecule has 4 heteroatoms. The maximum atomic E-state index is 12.5. The molecule has 0 bridgehead atoms. The number of amides is 1. The molecule has 1 unspecified atom stereocenters. The van der Waals surface area contributed by atoms with Crippen molar-refractivity contribution in [1.82, 2.24) is 10.2 Å². The molecule has 1 amide bonds. The fourth-order valence-corrected chi connectivity index (χ4v) is 3.90. The number of rotatable bonds is 7. The monoisotopic (exact) mass is 286 g/mol. The Balaban J connectivity index is 2.60. The third-order valence-corrected chi connectivity index (χ3v) is 5.32. The predicted octanol–water partition coefficient (Wildman–Crippen LogP) is 2.90. The third-order valence-electron chi connectivity index (χ3n) is 4.60. The maximum Gasteiger partial charge on any atom is 0.224 e. The predicted molar refractivity (Wildman–Crippen MR) is 84.7 cm³/mol. The van der Waals surface area contributed by atoms with Gasteiger partial charge in [-0.25, -0.2) is 0 Å². The van der Waals surface area contributed by atoms with Crippen LogP contribution >= 0.6 is 11.8 Å². The molecular formula is C15H30N2OS. The average molecular weight is 286 g/mol. The van der Waals surface area contributed by atoms with Crippen LogP contribution in [0.1, 0.15) is 51.9 Å². The van der Waals surface area contributed by atoms with E-state index in [4.69, 9.17) is 0 Å². The molecule has 0 aromatic heterocycles. The quantitative estimate of drug-likeness (QED) is 0.781. The van der Waals surface area contributed by atoms with Gasteiger partial charge in [-0.1, -0.05) is 26.2 Å². The zero-order chi connectivity index (χ0) is 14.3. The van der Waals surface area contributed by atoms with Gasteiger partial charge in [0, 0.05) is 30.8 Å². The standard InChI is InChI=1S/C15H30N2OS/c1-5-13(12-19-4)17(3)14(18)11-15(16-2)9-7-6-8-10-15/h13,16H,5-12H2,1-4H3. The summed E-state index contributed by atoms with van der Waals surface area (Å²) in [5, 5.41) is 3.44. The summed E-state index contributed by atoms with van der Waals surface area (Å²) in [6.07, 6.45) is 9.90. The van der Waals surface area contributed by atoms with Gasteiger partial charge < -0.3 is 10.2 Å². The van der Waals surface area contributed by atoms with Gasteiger partial charge in [0.2, 0.25) is 5.91 Å². The molecule has 0 heterocycles. The first-order chi connectivity index (χ1) is 9.08. The lowest BCUT2D eigenvalue weighted by Crippen LogP contribution is -2.50. The molecule has 1 N–H and O–H groups in total. The van der Waals surface area contributed by atoms with Crippen LogP contribution in [-0.2, 0) is 4.79 Å². The van der Waals surface area contributed by atoms with E-state index in [1.54, 1.807) is 0 Å². The highest BCUT2D eigenvalue weighted by atomic mass is 32.2. The molecule has 1 rings (SSSR count). The van der Waals surface area contributed by atoms with Crippen LogP contribution in [-0.4, -0.2) is 48.5 Å². The van der Waals surface area contributed by atoms with Gasteiger partial charge in [0.05, 0.1) is 0 Å². The topological polar surface area (TPSA) is 32.3 Å². The van der Waals surface area contributed by atoms with E-state index < -0.39 is 0 Å². The molecule has 1 fully saturated rings. The Morgan fingerprint density at radius 2 is 2.00 bits per heavy atom. The molecule has 1 aliphatic rings. The van der Waals surface area contributed by atoms with Gasteiger partial charge in [0.1, 0.15) is 0 Å². The van der Waals surface area contributed by atoms with Crippen LogP contribution in [0.15, 0.2) is 0 Å². The second-order valence-corrected chi connectivity index (χ2v) is 6.70. The molecule has 0 saturated heterocycles. The summed E-state index contributed by atoms with van der Waals surface area (Å²) in [6.45, 7) is 2.17. The van der Waals surface area contributed by atoms with Crippen LogP contribution in [0.25, 0.3) is 0 Å². The maximum absolute atomic E-state index is 12.5. The molecule has 0 radical (unpaired) electrons. The molecule has 0 spiro atoms. The van der Waals surface area contributed by atoms with Crippen molar-refractivity contribution < 1.29 is 4.79 Å². The molecule has 1 atom stereocenters. The minimum Gasteiger partial charge on any atom is -0.342 e. The normalized spacial score (nSPS) is 20.0. The van der Waals surface area contributed by atoms with E-state index in [-0.39, 0.29) is 5.54 Å². The Kier molecular flexibility index (Phi) is 7.22. The molecule has 0 aromatic carbocycles. The largest absolute Gasteiger partial charge is 0.342 e. The van der Waals surface area contributed by atoms with E-state index in [1.165, 1.54) is 19.3 Å². The third kappa shape index (κ3) is 4.67. The molecule has 1 saturated carbocycles. The second-order valence-electron chi connectivity index (χ2n) is 5.79. The van der Waals surface area contributed by atoms with E-state index >= 15 is 0 Å². The molecule has 0 aliphatic heterocycles. The highest BCUT2D eigenvalue weighted by Gasteiger charge is 2.34. The van der Waals surface area contributed by atoms with Crippen LogP contribution in [0.5, 0.6) is 0 Å². The fourth-order valence-electron chi connectivity index (χ4n) is 3.06. The van der Waals surface area contributed by atoms with Crippen molar-refractivity contribution in [1.29, 1.82) is 0 Å². The fraction of sp³-hybridized carbons (Fsp3) is 0.933. The van der Waals surface area contributed by atoms with Gasteiger partial charge in [-0.3, -0.25) is 4.79 Å². The van der Waals surface area contributed by atoms with Crippen molar-refractivity contribution >= 4 is 17.7 Å². The Morgan fingerprint density at radius 1 is 1.37 bits per heavy atom. The molecule has 19 heavy (non-hydrogen) atoms. The smallest absolute Gasteiger partial charge is 0.224 e. The first-order valence-corrected chi connectivity index (χ1v) is 8.91. The summed E-state index contributed by atoms with van der Waals surface area (Å²) in [4.78, 5) is 14.5. The number of nitrogens with zero attached hydrogens (tertiary/aromatic N) is 1. The Hall–Kier alpha value is -0.220. The number of carbonyl (C=O) groups is 1. The van der Waals surface area contributed by atoms with Crippen molar-refractivity contribution in [3.8, 4) is 0 Å². The highest BCUT2D eigenvalue weighted by molar-refractivity contribution is 7.98. The summed E-state index contributed by atoms with van der Waals surface area (Å²) in [7, 11) is 3.98. The lowest BCUT2D eigenvalue weighted by atomic mass is 9.79. The Bertz CT molecular complexity index is 277. The number of hydrogen-bond donors (Lipinski definition) is 1. The van der Waals surface area contributed by atoms with Gasteiger partial charge in [-0.05, 0) is 32.6 Å². The van der Waals surface area contributed by atoms with Gasteiger partial charge in [-0.2, -0.15) is 11.8 Å². The second kappa shape index (κ2) is 8.15. The van der Waals surface area contributed by atoms with E-state index in [0.29, 0.717) is 18.4 Å². The SMILES string of the molecule is CCC(CSC)N(C)C(=O)CC1(NC)CCCCC1. The van der Waals surface area contributed by atoms with Crippen LogP contribution < -0.4 is 5.32 Å². The van der Waals surface area contributed by atoms with E-state index in [1.807, 2.05) is 30.8 Å². The summed E-state index contributed by atoms with van der Waals surface area (Å²) < 4.78 is 0. The molecule has 3 nitrogen and oxygen atoms in total. The van der Waals surface area contributed by atoms with Crippen molar-refractivity contribution in [3.63, 3.8) is 0 Å². The zero-order valence-corrected chi connectivity index (χ0v) is 13.8. The number of thioether (sulfide) groups is 1. The number of nitrogens with one attached hydrogen (secondary N) is 1. The highest BCUT2D eigenvalue weighted by Crippen LogP contribution is 2.31. The van der Waals surface area contributed by atoms with Crippen LogP contribution in [0.2, 0.25) is 0 Å². The zero-order valence-electron chi connectivity index (χ0n) is 13.0. The Morgan fingerprint density at radius 3 is 2.47 bits per heavy atom. The minimum atomic E-state index is 0.0568. The van der Waals surface area contributed by atoms with E-state index in [9.17, 15) is 4.79 Å². The lowest BCUT2D eigenvalue weighted by molar-refractivity contribution is -0.133. The van der Waals surface area contributed by atoms with Crippen molar-refractivity contribution in [2.75, 3.05) is 26.1 Å². The number of carbonyl (C=O) groups excluding carboxylic acids is 1. The summed E-state index contributed by atoms with van der Waals surface area (Å²) in [6, 6.07) is 0.375. The molecule has 1 aliphatic carbocycles. The van der Waals surface area contributed by atoms with Crippen molar-refractivity contribution in [3.05, 3.63) is 0 Å². The Labute approximate surface area is 122 Å². The summed E-state index contributed by atoms with van der Waals surface area (Å²) in [5.74, 6) is 1.34. The molecular weight excluding hydrogens is 256 g/mol. The lowest BCUT2D eigenvalue weighted by Gasteiger charge is -2.38. The summed E-state index contributed by atoms with van der Waals surface area (Å²) in [5.41, 5.74) is 0.0568. The average Bonchev–Trinajstić information content (AvgIpc) is 2.45. The van der Waals surface area contributed by atoms with Gasteiger partial charge in [0.25, 0.3) is 0 Å². The summed E-state index contributed by atoms with van der Waals surface area (Å²) >= 11 is 1.82. The van der Waals surface area contributed by atoms with Gasteiger partial charge >= 0.3 is 0 Å².